The van der Waals surface area contributed by atoms with E-state index in [1.165, 1.54) is 0 Å². The lowest BCUT2D eigenvalue weighted by Gasteiger charge is -2.08. The first-order valence-electron chi connectivity index (χ1n) is 8.76. The number of hydrogen-bond donors (Lipinski definition) is 1. The Morgan fingerprint density at radius 1 is 1.15 bits per heavy atom. The smallest absolute Gasteiger partial charge is 0.259 e. The molecule has 0 saturated heterocycles. The fourth-order valence-electron chi connectivity index (χ4n) is 3.00. The molecule has 0 bridgehead atoms. The topological polar surface area (TPSA) is 81.2 Å². The van der Waals surface area contributed by atoms with Gasteiger partial charge in [0.25, 0.3) is 11.6 Å². The SMILES string of the molecule is Cc1ccc(-c2cc(C(=O)NCCc3ccco3)c3c(C)noc3n2)cc1. The Hall–Kier alpha value is -3.41. The largest absolute Gasteiger partial charge is 0.469 e. The predicted octanol–water partition coefficient (Wildman–Crippen LogP) is 4.07. The summed E-state index contributed by atoms with van der Waals surface area (Å²) in [5.41, 5.74) is 4.27. The highest BCUT2D eigenvalue weighted by atomic mass is 16.5. The van der Waals surface area contributed by atoms with Crippen LogP contribution in [0.5, 0.6) is 0 Å². The monoisotopic (exact) mass is 361 g/mol. The number of pyridine rings is 1. The maximum atomic E-state index is 12.8. The Balaban J connectivity index is 1.66. The van der Waals surface area contributed by atoms with Crippen LogP contribution in [0.1, 0.15) is 27.4 Å². The summed E-state index contributed by atoms with van der Waals surface area (Å²) >= 11 is 0. The van der Waals surface area contributed by atoms with E-state index in [4.69, 9.17) is 8.94 Å². The van der Waals surface area contributed by atoms with Gasteiger partial charge >= 0.3 is 0 Å². The van der Waals surface area contributed by atoms with E-state index in [9.17, 15) is 4.79 Å². The first-order valence-corrected chi connectivity index (χ1v) is 8.76. The quantitative estimate of drug-likeness (QED) is 0.579. The van der Waals surface area contributed by atoms with Gasteiger partial charge in [0, 0.05) is 18.5 Å². The summed E-state index contributed by atoms with van der Waals surface area (Å²) in [4.78, 5) is 17.4. The van der Waals surface area contributed by atoms with Crippen LogP contribution in [0.15, 0.2) is 57.7 Å². The zero-order valence-electron chi connectivity index (χ0n) is 15.2. The summed E-state index contributed by atoms with van der Waals surface area (Å²) in [6.45, 7) is 4.30. The second-order valence-corrected chi connectivity index (χ2v) is 6.45. The summed E-state index contributed by atoms with van der Waals surface area (Å²) in [5, 5.41) is 7.55. The second-order valence-electron chi connectivity index (χ2n) is 6.45. The summed E-state index contributed by atoms with van der Waals surface area (Å²) in [6, 6.07) is 13.5. The number of furan rings is 1. The van der Waals surface area contributed by atoms with Gasteiger partial charge in [0.15, 0.2) is 0 Å². The van der Waals surface area contributed by atoms with Crippen molar-refractivity contribution in [2.75, 3.05) is 6.54 Å². The van der Waals surface area contributed by atoms with Crippen molar-refractivity contribution in [3.05, 3.63) is 71.3 Å². The molecular formula is C21H19N3O3. The lowest BCUT2D eigenvalue weighted by Crippen LogP contribution is -2.26. The normalized spacial score (nSPS) is 11.0. The summed E-state index contributed by atoms with van der Waals surface area (Å²) in [7, 11) is 0. The Kier molecular flexibility index (Phi) is 4.46. The number of nitrogens with one attached hydrogen (secondary N) is 1. The van der Waals surface area contributed by atoms with Crippen molar-refractivity contribution in [3.8, 4) is 11.3 Å². The highest BCUT2D eigenvalue weighted by Crippen LogP contribution is 2.27. The molecular weight excluding hydrogens is 342 g/mol. The molecule has 1 N–H and O–H groups in total. The van der Waals surface area contributed by atoms with Gasteiger partial charge in [-0.3, -0.25) is 4.79 Å². The molecule has 0 spiro atoms. The number of carbonyl (C=O) groups is 1. The van der Waals surface area contributed by atoms with E-state index >= 15 is 0 Å². The third-order valence-electron chi connectivity index (χ3n) is 4.45. The summed E-state index contributed by atoms with van der Waals surface area (Å²) in [5.74, 6) is 0.644. The maximum absolute atomic E-state index is 12.8. The van der Waals surface area contributed by atoms with Crippen LogP contribution in [-0.4, -0.2) is 22.6 Å². The zero-order valence-corrected chi connectivity index (χ0v) is 15.2. The molecule has 6 heteroatoms. The van der Waals surface area contributed by atoms with Crippen LogP contribution >= 0.6 is 0 Å². The highest BCUT2D eigenvalue weighted by Gasteiger charge is 2.19. The van der Waals surface area contributed by atoms with Crippen molar-refractivity contribution in [3.63, 3.8) is 0 Å². The van der Waals surface area contributed by atoms with E-state index in [0.717, 1.165) is 16.9 Å². The van der Waals surface area contributed by atoms with E-state index < -0.39 is 0 Å². The Morgan fingerprint density at radius 2 is 1.96 bits per heavy atom. The van der Waals surface area contributed by atoms with Crippen molar-refractivity contribution < 1.29 is 13.7 Å². The second kappa shape index (κ2) is 7.07. The standard InChI is InChI=1S/C21H19N3O3/c1-13-5-7-15(8-6-13)18-12-17(19-14(2)24-27-21(19)23-18)20(25)22-10-9-16-4-3-11-26-16/h3-8,11-12H,9-10H2,1-2H3,(H,22,25). The minimum atomic E-state index is -0.186. The fourth-order valence-corrected chi connectivity index (χ4v) is 3.00. The van der Waals surface area contributed by atoms with Crippen molar-refractivity contribution in [2.24, 2.45) is 0 Å². The number of hydrogen-bond acceptors (Lipinski definition) is 5. The molecule has 0 aliphatic rings. The predicted molar refractivity (Wildman–Crippen MR) is 101 cm³/mol. The minimum absolute atomic E-state index is 0.186. The van der Waals surface area contributed by atoms with E-state index in [1.807, 2.05) is 43.3 Å². The molecule has 0 fully saturated rings. The van der Waals surface area contributed by atoms with Crippen LogP contribution < -0.4 is 5.32 Å². The van der Waals surface area contributed by atoms with Gasteiger partial charge in [-0.1, -0.05) is 35.0 Å². The van der Waals surface area contributed by atoms with Gasteiger partial charge in [0.05, 0.1) is 28.6 Å². The molecule has 27 heavy (non-hydrogen) atoms. The first-order chi connectivity index (χ1) is 13.1. The van der Waals surface area contributed by atoms with Gasteiger partial charge in [0.2, 0.25) is 0 Å². The third-order valence-corrected chi connectivity index (χ3v) is 4.45. The van der Waals surface area contributed by atoms with Crippen LogP contribution in [0.2, 0.25) is 0 Å². The molecule has 0 atom stereocenters. The van der Waals surface area contributed by atoms with Crippen molar-refractivity contribution >= 4 is 17.0 Å². The van der Waals surface area contributed by atoms with Crippen LogP contribution in [0.4, 0.5) is 0 Å². The zero-order chi connectivity index (χ0) is 18.8. The van der Waals surface area contributed by atoms with Crippen molar-refractivity contribution in [2.45, 2.75) is 20.3 Å². The Bertz CT molecular complexity index is 1080. The number of nitrogens with zero attached hydrogens (tertiary/aromatic N) is 2. The molecule has 3 aromatic heterocycles. The Labute approximate surface area is 156 Å². The van der Waals surface area contributed by atoms with Crippen LogP contribution in [0.3, 0.4) is 0 Å². The molecule has 3 heterocycles. The Morgan fingerprint density at radius 3 is 2.70 bits per heavy atom. The van der Waals surface area contributed by atoms with Crippen LogP contribution in [0, 0.1) is 13.8 Å². The van der Waals surface area contributed by atoms with Crippen molar-refractivity contribution in [1.29, 1.82) is 0 Å². The molecule has 136 valence electrons. The summed E-state index contributed by atoms with van der Waals surface area (Å²) < 4.78 is 10.6. The summed E-state index contributed by atoms with van der Waals surface area (Å²) in [6.07, 6.45) is 2.25. The lowest BCUT2D eigenvalue weighted by atomic mass is 10.0. The number of aryl methyl sites for hydroxylation is 2. The average Bonchev–Trinajstić information content (AvgIpc) is 3.32. The van der Waals surface area contributed by atoms with E-state index in [0.29, 0.717) is 41.0 Å². The van der Waals surface area contributed by atoms with Gasteiger partial charge in [-0.15, -0.1) is 0 Å². The molecule has 1 aromatic carbocycles. The number of carbonyl (C=O) groups excluding carboxylic acids is 1. The average molecular weight is 361 g/mol. The van der Waals surface area contributed by atoms with Gasteiger partial charge in [-0.05, 0) is 32.0 Å². The number of benzene rings is 1. The molecule has 4 aromatic rings. The van der Waals surface area contributed by atoms with Gasteiger partial charge in [-0.25, -0.2) is 4.98 Å². The lowest BCUT2D eigenvalue weighted by molar-refractivity contribution is 0.0955. The fraction of sp³-hybridized carbons (Fsp3) is 0.190. The molecule has 1 amide bonds. The third kappa shape index (κ3) is 3.46. The molecule has 0 radical (unpaired) electrons. The molecule has 0 aliphatic carbocycles. The van der Waals surface area contributed by atoms with Crippen LogP contribution in [0.25, 0.3) is 22.4 Å². The van der Waals surface area contributed by atoms with Crippen molar-refractivity contribution in [1.82, 2.24) is 15.5 Å². The molecule has 0 unspecified atom stereocenters. The van der Waals surface area contributed by atoms with Gasteiger partial charge in [-0.2, -0.15) is 0 Å². The molecule has 4 rings (SSSR count). The number of aromatic nitrogens is 2. The number of rotatable bonds is 5. The van der Waals surface area contributed by atoms with Gasteiger partial charge < -0.3 is 14.3 Å². The highest BCUT2D eigenvalue weighted by molar-refractivity contribution is 6.07. The number of fused-ring (bicyclic) bond motifs is 1. The van der Waals surface area contributed by atoms with Gasteiger partial charge in [0.1, 0.15) is 5.76 Å². The first kappa shape index (κ1) is 17.0. The van der Waals surface area contributed by atoms with Crippen LogP contribution in [-0.2, 0) is 6.42 Å². The van der Waals surface area contributed by atoms with E-state index in [1.54, 1.807) is 19.3 Å². The maximum Gasteiger partial charge on any atom is 0.259 e. The molecule has 0 aliphatic heterocycles. The number of amides is 1. The molecule has 0 saturated carbocycles. The minimum Gasteiger partial charge on any atom is -0.469 e. The van der Waals surface area contributed by atoms with E-state index in [2.05, 4.69) is 15.5 Å². The van der Waals surface area contributed by atoms with E-state index in [-0.39, 0.29) is 5.91 Å². The molecule has 6 nitrogen and oxygen atoms in total.